The van der Waals surface area contributed by atoms with Crippen molar-refractivity contribution in [3.8, 4) is 0 Å². The summed E-state index contributed by atoms with van der Waals surface area (Å²) in [5, 5.41) is -0.244. The van der Waals surface area contributed by atoms with E-state index in [0.29, 0.717) is 12.2 Å². The first-order valence-electron chi connectivity index (χ1n) is 4.70. The van der Waals surface area contributed by atoms with Crippen LogP contribution < -0.4 is 4.72 Å². The lowest BCUT2D eigenvalue weighted by molar-refractivity contribution is 0.579. The molecule has 1 unspecified atom stereocenters. The quantitative estimate of drug-likeness (QED) is 0.650. The molecule has 86 valence electrons. The van der Waals surface area contributed by atoms with E-state index in [9.17, 15) is 8.42 Å². The minimum Gasteiger partial charge on any atom is -0.348 e. The number of nitrogens with one attached hydrogen (secondary N) is 2. The average Bonchev–Trinajstić information content (AvgIpc) is 2.67. The highest BCUT2D eigenvalue weighted by Gasteiger charge is 2.13. The lowest BCUT2D eigenvalue weighted by Gasteiger charge is -2.09. The van der Waals surface area contributed by atoms with Crippen molar-refractivity contribution in [2.75, 3.05) is 12.3 Å². The molecule has 0 aliphatic heterocycles. The molecule has 0 amide bonds. The third-order valence-corrected chi connectivity index (χ3v) is 3.78. The summed E-state index contributed by atoms with van der Waals surface area (Å²) in [5.74, 6) is 0.809. The van der Waals surface area contributed by atoms with Crippen LogP contribution in [0.2, 0.25) is 0 Å². The van der Waals surface area contributed by atoms with Crippen LogP contribution in [0.3, 0.4) is 0 Å². The Bertz CT molecular complexity index is 375. The maximum Gasteiger partial charge on any atom is 0.211 e. The molecule has 0 aliphatic carbocycles. The van der Waals surface area contributed by atoms with Gasteiger partial charge in [-0.25, -0.2) is 18.1 Å². The Hall–Kier alpha value is -0.530. The lowest BCUT2D eigenvalue weighted by Crippen LogP contribution is -2.29. The number of rotatable bonds is 6. The van der Waals surface area contributed by atoms with Crippen molar-refractivity contribution in [1.82, 2.24) is 14.7 Å². The van der Waals surface area contributed by atoms with E-state index < -0.39 is 10.0 Å². The molecule has 1 heterocycles. The van der Waals surface area contributed by atoms with Crippen molar-refractivity contribution in [1.29, 1.82) is 0 Å². The van der Waals surface area contributed by atoms with E-state index in [1.54, 1.807) is 12.4 Å². The summed E-state index contributed by atoms with van der Waals surface area (Å²) in [6, 6.07) is 0. The van der Waals surface area contributed by atoms with E-state index in [4.69, 9.17) is 0 Å². The zero-order valence-corrected chi connectivity index (χ0v) is 10.2. The largest absolute Gasteiger partial charge is 0.348 e. The van der Waals surface area contributed by atoms with Gasteiger partial charge < -0.3 is 4.98 Å². The second-order valence-corrected chi connectivity index (χ2v) is 5.71. The van der Waals surface area contributed by atoms with Gasteiger partial charge in [-0.2, -0.15) is 12.6 Å². The number of hydrogen-bond acceptors (Lipinski definition) is 4. The van der Waals surface area contributed by atoms with Crippen molar-refractivity contribution in [3.05, 3.63) is 18.2 Å². The molecule has 1 rings (SSSR count). The first-order valence-corrected chi connectivity index (χ1v) is 6.86. The van der Waals surface area contributed by atoms with Crippen LogP contribution in [-0.4, -0.2) is 30.7 Å². The molecule has 0 fully saturated rings. The van der Waals surface area contributed by atoms with Crippen LogP contribution >= 0.6 is 12.6 Å². The van der Waals surface area contributed by atoms with Gasteiger partial charge in [0, 0.05) is 18.9 Å². The van der Waals surface area contributed by atoms with E-state index in [0.717, 1.165) is 0 Å². The Morgan fingerprint density at radius 3 is 2.93 bits per heavy atom. The summed E-state index contributed by atoms with van der Waals surface area (Å²) >= 11 is 4.25. The number of nitrogens with zero attached hydrogens (tertiary/aromatic N) is 1. The Kier molecular flexibility index (Phi) is 4.62. The van der Waals surface area contributed by atoms with Crippen molar-refractivity contribution >= 4 is 22.7 Å². The van der Waals surface area contributed by atoms with Crippen LogP contribution in [0.15, 0.2) is 12.4 Å². The summed E-state index contributed by atoms with van der Waals surface area (Å²) in [4.78, 5) is 6.88. The second-order valence-electron chi connectivity index (χ2n) is 3.16. The molecule has 7 heteroatoms. The van der Waals surface area contributed by atoms with Crippen molar-refractivity contribution in [3.63, 3.8) is 0 Å². The van der Waals surface area contributed by atoms with Crippen molar-refractivity contribution in [2.45, 2.75) is 18.6 Å². The number of sulfonamides is 1. The Labute approximate surface area is 95.2 Å². The van der Waals surface area contributed by atoms with Gasteiger partial charge >= 0.3 is 0 Å². The monoisotopic (exact) mass is 249 g/mol. The van der Waals surface area contributed by atoms with E-state index in [1.165, 1.54) is 0 Å². The summed E-state index contributed by atoms with van der Waals surface area (Å²) in [6.07, 6.45) is 3.89. The summed E-state index contributed by atoms with van der Waals surface area (Å²) in [6.45, 7) is 2.07. The first kappa shape index (κ1) is 12.5. The van der Waals surface area contributed by atoms with Gasteiger partial charge in [-0.05, 0) is 6.42 Å². The molecular weight excluding hydrogens is 234 g/mol. The summed E-state index contributed by atoms with van der Waals surface area (Å²) < 4.78 is 25.1. The normalized spacial score (nSPS) is 14.0. The van der Waals surface area contributed by atoms with Gasteiger partial charge in [0.1, 0.15) is 5.82 Å². The van der Waals surface area contributed by atoms with Crippen molar-refractivity contribution < 1.29 is 8.42 Å². The first-order chi connectivity index (χ1) is 7.05. The number of H-pyrrole nitrogens is 1. The maximum atomic E-state index is 11.3. The number of hydrogen-bond donors (Lipinski definition) is 3. The number of imidazole rings is 1. The predicted molar refractivity (Wildman–Crippen MR) is 62.4 cm³/mol. The highest BCUT2D eigenvalue weighted by Crippen LogP contribution is 2.13. The highest BCUT2D eigenvalue weighted by atomic mass is 32.2. The van der Waals surface area contributed by atoms with Crippen LogP contribution in [0, 0.1) is 0 Å². The van der Waals surface area contributed by atoms with Crippen LogP contribution in [0.25, 0.3) is 0 Å². The fourth-order valence-corrected chi connectivity index (χ4v) is 2.56. The van der Waals surface area contributed by atoms with E-state index in [1.807, 2.05) is 6.92 Å². The number of thiol groups is 1. The Balaban J connectivity index is 2.44. The van der Waals surface area contributed by atoms with Crippen LogP contribution in [0.1, 0.15) is 24.4 Å². The number of aromatic nitrogens is 2. The summed E-state index contributed by atoms with van der Waals surface area (Å²) in [5.41, 5.74) is 0. The average molecular weight is 249 g/mol. The van der Waals surface area contributed by atoms with E-state index in [-0.39, 0.29) is 17.5 Å². The molecule has 2 N–H and O–H groups in total. The molecule has 15 heavy (non-hydrogen) atoms. The molecule has 1 aromatic rings. The molecule has 5 nitrogen and oxygen atoms in total. The van der Waals surface area contributed by atoms with Gasteiger partial charge in [-0.1, -0.05) is 6.92 Å². The van der Waals surface area contributed by atoms with Gasteiger partial charge in [0.05, 0.1) is 11.0 Å². The molecule has 1 aromatic heterocycles. The second kappa shape index (κ2) is 5.53. The zero-order valence-electron chi connectivity index (χ0n) is 8.47. The predicted octanol–water partition coefficient (Wildman–Crippen LogP) is 0.710. The molecule has 0 saturated heterocycles. The third kappa shape index (κ3) is 4.23. The maximum absolute atomic E-state index is 11.3. The SMILES string of the molecule is CCCS(=O)(=O)NCC(S)c1ncc[nH]1. The zero-order chi connectivity index (χ0) is 11.3. The Morgan fingerprint density at radius 1 is 1.67 bits per heavy atom. The molecule has 0 aliphatic rings. The lowest BCUT2D eigenvalue weighted by atomic mass is 10.4. The molecule has 1 atom stereocenters. The van der Waals surface area contributed by atoms with Crippen LogP contribution in [0.5, 0.6) is 0 Å². The molecule has 0 saturated carbocycles. The molecular formula is C8H15N3O2S2. The van der Waals surface area contributed by atoms with Gasteiger partial charge in [0.15, 0.2) is 0 Å². The number of aromatic amines is 1. The fourth-order valence-electron chi connectivity index (χ4n) is 1.10. The standard InChI is InChI=1S/C8H15N3O2S2/c1-2-5-15(12,13)11-6-7(14)8-9-3-4-10-8/h3-4,7,11,14H,2,5-6H2,1H3,(H,9,10). The van der Waals surface area contributed by atoms with Crippen molar-refractivity contribution in [2.24, 2.45) is 0 Å². The van der Waals surface area contributed by atoms with Gasteiger partial charge in [-0.3, -0.25) is 0 Å². The Morgan fingerprint density at radius 2 is 2.40 bits per heavy atom. The molecule has 0 radical (unpaired) electrons. The third-order valence-electron chi connectivity index (χ3n) is 1.80. The molecule has 0 spiro atoms. The van der Waals surface area contributed by atoms with E-state index >= 15 is 0 Å². The van der Waals surface area contributed by atoms with Crippen LogP contribution in [0.4, 0.5) is 0 Å². The van der Waals surface area contributed by atoms with E-state index in [2.05, 4.69) is 27.3 Å². The highest BCUT2D eigenvalue weighted by molar-refractivity contribution is 7.89. The minimum atomic E-state index is -3.16. The smallest absolute Gasteiger partial charge is 0.211 e. The minimum absolute atomic E-state index is 0.144. The van der Waals surface area contributed by atoms with Crippen LogP contribution in [-0.2, 0) is 10.0 Å². The summed E-state index contributed by atoms with van der Waals surface area (Å²) in [7, 11) is -3.16. The molecule has 0 bridgehead atoms. The molecule has 0 aromatic carbocycles. The van der Waals surface area contributed by atoms with Gasteiger partial charge in [-0.15, -0.1) is 0 Å². The fraction of sp³-hybridized carbons (Fsp3) is 0.625. The van der Waals surface area contributed by atoms with Gasteiger partial charge in [0.25, 0.3) is 0 Å². The topological polar surface area (TPSA) is 74.8 Å². The van der Waals surface area contributed by atoms with Gasteiger partial charge in [0.2, 0.25) is 10.0 Å².